The zero-order valence-corrected chi connectivity index (χ0v) is 9.01. The van der Waals surface area contributed by atoms with Gasteiger partial charge in [0.25, 0.3) is 0 Å². The van der Waals surface area contributed by atoms with Crippen molar-refractivity contribution in [1.29, 1.82) is 5.26 Å². The Morgan fingerprint density at radius 2 is 2.38 bits per heavy atom. The van der Waals surface area contributed by atoms with Gasteiger partial charge in [-0.25, -0.2) is 4.79 Å². The van der Waals surface area contributed by atoms with Gasteiger partial charge in [0.1, 0.15) is 5.75 Å². The second kappa shape index (κ2) is 5.76. The number of aliphatic carboxylic acids is 1. The van der Waals surface area contributed by atoms with Gasteiger partial charge < -0.3 is 9.84 Å². The van der Waals surface area contributed by atoms with Gasteiger partial charge >= 0.3 is 5.97 Å². The molecule has 1 N–H and O–H groups in total. The summed E-state index contributed by atoms with van der Waals surface area (Å²) in [6.45, 7) is 1.89. The first-order chi connectivity index (χ1) is 7.67. The van der Waals surface area contributed by atoms with E-state index in [0.29, 0.717) is 17.7 Å². The number of hydrogen-bond donors (Lipinski definition) is 1. The Morgan fingerprint density at radius 1 is 1.62 bits per heavy atom. The quantitative estimate of drug-likeness (QED) is 0.824. The van der Waals surface area contributed by atoms with Crippen LogP contribution in [-0.2, 0) is 4.79 Å². The van der Waals surface area contributed by atoms with E-state index in [1.54, 1.807) is 18.2 Å². The number of carboxylic acids is 1. The van der Waals surface area contributed by atoms with Crippen LogP contribution in [0, 0.1) is 11.3 Å². The molecular weight excluding hydrogens is 206 g/mol. The summed E-state index contributed by atoms with van der Waals surface area (Å²) in [5.74, 6) is -0.566. The third kappa shape index (κ3) is 3.28. The van der Waals surface area contributed by atoms with E-state index in [4.69, 9.17) is 15.1 Å². The average Bonchev–Trinajstić information content (AvgIpc) is 2.28. The van der Waals surface area contributed by atoms with Gasteiger partial charge in [-0.2, -0.15) is 5.26 Å². The van der Waals surface area contributed by atoms with Crippen molar-refractivity contribution < 1.29 is 14.6 Å². The van der Waals surface area contributed by atoms with Crippen LogP contribution < -0.4 is 4.74 Å². The first kappa shape index (κ1) is 12.1. The lowest BCUT2D eigenvalue weighted by atomic mass is 10.2. The van der Waals surface area contributed by atoms with Crippen LogP contribution in [0.5, 0.6) is 5.75 Å². The molecule has 4 heteroatoms. The number of carboxylic acid groups (broad SMARTS) is 1. The number of benzene rings is 1. The van der Waals surface area contributed by atoms with Crippen LogP contribution in [0.1, 0.15) is 25.3 Å². The Labute approximate surface area is 94.1 Å². The Balaban J connectivity index is 2.77. The van der Waals surface area contributed by atoms with E-state index < -0.39 is 12.1 Å². The van der Waals surface area contributed by atoms with Crippen LogP contribution in [0.25, 0.3) is 0 Å². The van der Waals surface area contributed by atoms with Crippen LogP contribution in [0.3, 0.4) is 0 Å². The van der Waals surface area contributed by atoms with E-state index in [0.717, 1.165) is 6.42 Å². The fraction of sp³-hybridized carbons (Fsp3) is 0.333. The van der Waals surface area contributed by atoms with Crippen molar-refractivity contribution in [2.45, 2.75) is 25.9 Å². The lowest BCUT2D eigenvalue weighted by molar-refractivity contribution is -0.145. The topological polar surface area (TPSA) is 70.3 Å². The average molecular weight is 219 g/mol. The summed E-state index contributed by atoms with van der Waals surface area (Å²) in [6, 6.07) is 8.46. The van der Waals surface area contributed by atoms with Crippen LogP contribution in [-0.4, -0.2) is 17.2 Å². The van der Waals surface area contributed by atoms with Crippen LogP contribution >= 0.6 is 0 Å². The fourth-order valence-corrected chi connectivity index (χ4v) is 1.30. The second-order valence-electron chi connectivity index (χ2n) is 3.37. The summed E-state index contributed by atoms with van der Waals surface area (Å²) in [6.07, 6.45) is 0.333. The lowest BCUT2D eigenvalue weighted by Crippen LogP contribution is -2.26. The van der Waals surface area contributed by atoms with Gasteiger partial charge in [0.2, 0.25) is 0 Å². The maximum absolute atomic E-state index is 10.9. The molecule has 0 fully saturated rings. The van der Waals surface area contributed by atoms with E-state index in [9.17, 15) is 4.79 Å². The Morgan fingerprint density at radius 3 is 2.94 bits per heavy atom. The Hall–Kier alpha value is -2.02. The molecule has 0 saturated carbocycles. The molecule has 1 unspecified atom stereocenters. The van der Waals surface area contributed by atoms with E-state index in [1.165, 1.54) is 6.07 Å². The SMILES string of the molecule is CCCC(Oc1cccc(C#N)c1)C(=O)O. The molecule has 0 radical (unpaired) electrons. The summed E-state index contributed by atoms with van der Waals surface area (Å²) < 4.78 is 5.31. The van der Waals surface area contributed by atoms with Crippen molar-refractivity contribution in [1.82, 2.24) is 0 Å². The molecule has 0 aliphatic carbocycles. The van der Waals surface area contributed by atoms with Crippen LogP contribution in [0.15, 0.2) is 24.3 Å². The minimum Gasteiger partial charge on any atom is -0.479 e. The fourth-order valence-electron chi connectivity index (χ4n) is 1.30. The normalized spacial score (nSPS) is 11.5. The minimum absolute atomic E-state index is 0.417. The summed E-state index contributed by atoms with van der Waals surface area (Å²) in [5, 5.41) is 17.6. The number of ether oxygens (including phenoxy) is 1. The molecule has 1 aromatic rings. The van der Waals surface area contributed by atoms with Crippen LogP contribution in [0.2, 0.25) is 0 Å². The molecule has 16 heavy (non-hydrogen) atoms. The van der Waals surface area contributed by atoms with Crippen LogP contribution in [0.4, 0.5) is 0 Å². The molecule has 4 nitrogen and oxygen atoms in total. The number of carbonyl (C=O) groups is 1. The molecule has 0 bridgehead atoms. The van der Waals surface area contributed by atoms with Gasteiger partial charge in [0.05, 0.1) is 11.6 Å². The van der Waals surface area contributed by atoms with Crippen molar-refractivity contribution >= 4 is 5.97 Å². The minimum atomic E-state index is -0.982. The molecular formula is C12H13NO3. The van der Waals surface area contributed by atoms with Gasteiger partial charge in [-0.1, -0.05) is 19.4 Å². The first-order valence-electron chi connectivity index (χ1n) is 5.07. The maximum atomic E-state index is 10.9. The lowest BCUT2D eigenvalue weighted by Gasteiger charge is -2.14. The molecule has 0 aliphatic heterocycles. The highest BCUT2D eigenvalue weighted by Gasteiger charge is 2.17. The highest BCUT2D eigenvalue weighted by molar-refractivity contribution is 5.72. The van der Waals surface area contributed by atoms with Gasteiger partial charge in [0, 0.05) is 0 Å². The molecule has 1 aromatic carbocycles. The number of hydrogen-bond acceptors (Lipinski definition) is 3. The van der Waals surface area contributed by atoms with Gasteiger partial charge in [-0.3, -0.25) is 0 Å². The predicted molar refractivity (Wildman–Crippen MR) is 58.1 cm³/mol. The van der Waals surface area contributed by atoms with Crippen molar-refractivity contribution in [2.75, 3.05) is 0 Å². The summed E-state index contributed by atoms with van der Waals surface area (Å²) >= 11 is 0. The zero-order valence-electron chi connectivity index (χ0n) is 9.01. The smallest absolute Gasteiger partial charge is 0.344 e. The van der Waals surface area contributed by atoms with E-state index in [1.807, 2.05) is 13.0 Å². The van der Waals surface area contributed by atoms with Gasteiger partial charge in [-0.05, 0) is 24.6 Å². The van der Waals surface area contributed by atoms with Gasteiger partial charge in [0.15, 0.2) is 6.10 Å². The standard InChI is InChI=1S/C12H13NO3/c1-2-4-11(12(14)15)16-10-6-3-5-9(7-10)8-13/h3,5-7,11H,2,4H2,1H3,(H,14,15). The Bertz CT molecular complexity index is 409. The summed E-state index contributed by atoms with van der Waals surface area (Å²) in [5.41, 5.74) is 0.457. The van der Waals surface area contributed by atoms with Crippen molar-refractivity contribution in [3.63, 3.8) is 0 Å². The van der Waals surface area contributed by atoms with Gasteiger partial charge in [-0.15, -0.1) is 0 Å². The molecule has 0 aliphatic rings. The summed E-state index contributed by atoms with van der Waals surface area (Å²) in [7, 11) is 0. The maximum Gasteiger partial charge on any atom is 0.344 e. The monoisotopic (exact) mass is 219 g/mol. The van der Waals surface area contributed by atoms with Crippen molar-refractivity contribution in [2.24, 2.45) is 0 Å². The molecule has 0 amide bonds. The molecule has 0 saturated heterocycles. The number of nitrogens with zero attached hydrogens (tertiary/aromatic N) is 1. The molecule has 0 spiro atoms. The number of nitriles is 1. The molecule has 0 aromatic heterocycles. The van der Waals surface area contributed by atoms with Crippen molar-refractivity contribution in [3.05, 3.63) is 29.8 Å². The molecule has 84 valence electrons. The molecule has 1 rings (SSSR count). The molecule has 1 atom stereocenters. The largest absolute Gasteiger partial charge is 0.479 e. The zero-order chi connectivity index (χ0) is 12.0. The highest BCUT2D eigenvalue weighted by atomic mass is 16.5. The predicted octanol–water partition coefficient (Wildman–Crippen LogP) is 2.19. The first-order valence-corrected chi connectivity index (χ1v) is 5.07. The van der Waals surface area contributed by atoms with E-state index in [-0.39, 0.29) is 0 Å². The van der Waals surface area contributed by atoms with E-state index in [2.05, 4.69) is 0 Å². The van der Waals surface area contributed by atoms with E-state index >= 15 is 0 Å². The van der Waals surface area contributed by atoms with Crippen molar-refractivity contribution in [3.8, 4) is 11.8 Å². The summed E-state index contributed by atoms with van der Waals surface area (Å²) in [4.78, 5) is 10.9. The Kier molecular flexibility index (Phi) is 4.34. The molecule has 0 heterocycles. The third-order valence-corrected chi connectivity index (χ3v) is 2.07. The second-order valence-corrected chi connectivity index (χ2v) is 3.37. The number of rotatable bonds is 5. The highest BCUT2D eigenvalue weighted by Crippen LogP contribution is 2.16. The third-order valence-electron chi connectivity index (χ3n) is 2.07.